The van der Waals surface area contributed by atoms with Gasteiger partial charge in [0.05, 0.1) is 11.5 Å². The van der Waals surface area contributed by atoms with Crippen LogP contribution in [0.25, 0.3) is 0 Å². The van der Waals surface area contributed by atoms with Gasteiger partial charge >= 0.3 is 6.09 Å². The molecule has 5 nitrogen and oxygen atoms in total. The Bertz CT molecular complexity index is 631. The highest BCUT2D eigenvalue weighted by Crippen LogP contribution is 2.14. The normalized spacial score (nSPS) is 10.0. The number of amides is 2. The van der Waals surface area contributed by atoms with E-state index in [1.165, 1.54) is 11.3 Å². The van der Waals surface area contributed by atoms with Crippen molar-refractivity contribution in [3.8, 4) is 0 Å². The van der Waals surface area contributed by atoms with E-state index in [4.69, 9.17) is 16.3 Å². The monoisotopic (exact) mass is 338 g/mol. The zero-order valence-corrected chi connectivity index (χ0v) is 13.2. The highest BCUT2D eigenvalue weighted by Gasteiger charge is 2.06. The van der Waals surface area contributed by atoms with Gasteiger partial charge in [-0.15, -0.1) is 11.3 Å². The maximum Gasteiger partial charge on any atom is 0.411 e. The zero-order valence-electron chi connectivity index (χ0n) is 11.7. The van der Waals surface area contributed by atoms with Crippen LogP contribution in [0.3, 0.4) is 0 Å². The molecule has 2 N–H and O–H groups in total. The van der Waals surface area contributed by atoms with Gasteiger partial charge in [-0.25, -0.2) is 4.79 Å². The van der Waals surface area contributed by atoms with Crippen LogP contribution < -0.4 is 10.6 Å². The standard InChI is InChI=1S/C15H15ClN2O3S/c16-11-4-1-5-12(10-11)18-15(20)21-8-3-7-17-14(19)13-6-2-9-22-13/h1-2,4-6,9-10H,3,7-8H2,(H,17,19)(H,18,20). The summed E-state index contributed by atoms with van der Waals surface area (Å²) < 4.78 is 5.02. The molecule has 0 saturated heterocycles. The van der Waals surface area contributed by atoms with Gasteiger partial charge in [-0.3, -0.25) is 10.1 Å². The van der Waals surface area contributed by atoms with Gasteiger partial charge in [0.2, 0.25) is 0 Å². The predicted molar refractivity (Wildman–Crippen MR) is 87.7 cm³/mol. The third-order valence-corrected chi connectivity index (χ3v) is 3.76. The average molecular weight is 339 g/mol. The number of benzene rings is 1. The van der Waals surface area contributed by atoms with Gasteiger partial charge in [-0.05, 0) is 36.1 Å². The molecule has 22 heavy (non-hydrogen) atoms. The van der Waals surface area contributed by atoms with Crippen LogP contribution in [0.2, 0.25) is 5.02 Å². The molecule has 0 aliphatic rings. The SMILES string of the molecule is O=C(Nc1cccc(Cl)c1)OCCCNC(=O)c1cccs1. The summed E-state index contributed by atoms with van der Waals surface area (Å²) >= 11 is 7.20. The van der Waals surface area contributed by atoms with Gasteiger partial charge in [0.25, 0.3) is 5.91 Å². The molecule has 0 spiro atoms. The van der Waals surface area contributed by atoms with E-state index in [2.05, 4.69) is 10.6 Å². The minimum atomic E-state index is -0.549. The van der Waals surface area contributed by atoms with Crippen molar-refractivity contribution in [1.82, 2.24) is 5.32 Å². The molecule has 0 bridgehead atoms. The van der Waals surface area contributed by atoms with Crippen LogP contribution in [0.5, 0.6) is 0 Å². The van der Waals surface area contributed by atoms with Crippen LogP contribution in [0, 0.1) is 0 Å². The van der Waals surface area contributed by atoms with Gasteiger partial charge in [0.1, 0.15) is 0 Å². The molecule has 1 heterocycles. The fraction of sp³-hybridized carbons (Fsp3) is 0.200. The molecule has 0 fully saturated rings. The largest absolute Gasteiger partial charge is 0.449 e. The third kappa shape index (κ3) is 5.38. The van der Waals surface area contributed by atoms with Crippen LogP contribution >= 0.6 is 22.9 Å². The molecule has 116 valence electrons. The summed E-state index contributed by atoms with van der Waals surface area (Å²) in [5.41, 5.74) is 0.573. The first kappa shape index (κ1) is 16.3. The first-order valence-corrected chi connectivity index (χ1v) is 7.92. The molecule has 0 saturated carbocycles. The van der Waals surface area contributed by atoms with E-state index >= 15 is 0 Å². The number of hydrogen-bond acceptors (Lipinski definition) is 4. The number of carbonyl (C=O) groups excluding carboxylic acids is 2. The fourth-order valence-electron chi connectivity index (χ4n) is 1.65. The van der Waals surface area contributed by atoms with Crippen LogP contribution in [0.1, 0.15) is 16.1 Å². The molecular formula is C15H15ClN2O3S. The average Bonchev–Trinajstić information content (AvgIpc) is 3.01. The minimum Gasteiger partial charge on any atom is -0.449 e. The van der Waals surface area contributed by atoms with Gasteiger partial charge in [0, 0.05) is 17.3 Å². The van der Waals surface area contributed by atoms with Crippen molar-refractivity contribution in [2.45, 2.75) is 6.42 Å². The highest BCUT2D eigenvalue weighted by atomic mass is 35.5. The van der Waals surface area contributed by atoms with E-state index in [0.29, 0.717) is 28.6 Å². The van der Waals surface area contributed by atoms with E-state index < -0.39 is 6.09 Å². The Morgan fingerprint density at radius 3 is 2.82 bits per heavy atom. The Hall–Kier alpha value is -2.05. The summed E-state index contributed by atoms with van der Waals surface area (Å²) in [5.74, 6) is -0.113. The predicted octanol–water partition coefficient (Wildman–Crippen LogP) is 3.77. The molecular weight excluding hydrogens is 324 g/mol. The molecule has 2 amide bonds. The highest BCUT2D eigenvalue weighted by molar-refractivity contribution is 7.12. The number of nitrogens with one attached hydrogen (secondary N) is 2. The molecule has 0 aliphatic heterocycles. The van der Waals surface area contributed by atoms with E-state index in [1.54, 1.807) is 30.3 Å². The molecule has 0 aliphatic carbocycles. The van der Waals surface area contributed by atoms with E-state index in [-0.39, 0.29) is 12.5 Å². The summed E-state index contributed by atoms with van der Waals surface area (Å²) in [6.45, 7) is 0.665. The maximum absolute atomic E-state index is 11.6. The fourth-order valence-corrected chi connectivity index (χ4v) is 2.48. The molecule has 7 heteroatoms. The number of anilines is 1. The zero-order chi connectivity index (χ0) is 15.8. The quantitative estimate of drug-likeness (QED) is 0.788. The number of halogens is 1. The molecule has 1 aromatic heterocycles. The lowest BCUT2D eigenvalue weighted by molar-refractivity contribution is 0.0954. The summed E-state index contributed by atoms with van der Waals surface area (Å²) in [4.78, 5) is 23.9. The summed E-state index contributed by atoms with van der Waals surface area (Å²) in [7, 11) is 0. The number of ether oxygens (including phenoxy) is 1. The number of carbonyl (C=O) groups is 2. The lowest BCUT2D eigenvalue weighted by Crippen LogP contribution is -2.25. The first-order valence-electron chi connectivity index (χ1n) is 6.66. The Kier molecular flexibility index (Phi) is 6.24. The number of hydrogen-bond donors (Lipinski definition) is 2. The van der Waals surface area contributed by atoms with Crippen molar-refractivity contribution in [2.75, 3.05) is 18.5 Å². The van der Waals surface area contributed by atoms with E-state index in [1.807, 2.05) is 11.4 Å². The summed E-state index contributed by atoms with van der Waals surface area (Å²) in [5, 5.41) is 7.71. The first-order chi connectivity index (χ1) is 10.6. The molecule has 2 aromatic rings. The third-order valence-electron chi connectivity index (χ3n) is 2.66. The molecule has 0 unspecified atom stereocenters. The van der Waals surface area contributed by atoms with Crippen molar-refractivity contribution < 1.29 is 14.3 Å². The lowest BCUT2D eigenvalue weighted by atomic mass is 10.3. The van der Waals surface area contributed by atoms with Crippen LogP contribution in [0.15, 0.2) is 41.8 Å². The van der Waals surface area contributed by atoms with Crippen LogP contribution in [-0.2, 0) is 4.74 Å². The molecule has 2 rings (SSSR count). The smallest absolute Gasteiger partial charge is 0.411 e. The molecule has 0 radical (unpaired) electrons. The second-order valence-corrected chi connectivity index (χ2v) is 5.74. The Labute approximate surface area is 137 Å². The van der Waals surface area contributed by atoms with Gasteiger partial charge < -0.3 is 10.1 Å². The molecule has 1 aromatic carbocycles. The van der Waals surface area contributed by atoms with Gasteiger partial charge in [-0.2, -0.15) is 0 Å². The number of rotatable bonds is 6. The van der Waals surface area contributed by atoms with Crippen molar-refractivity contribution in [2.24, 2.45) is 0 Å². The van der Waals surface area contributed by atoms with Gasteiger partial charge in [0.15, 0.2) is 0 Å². The van der Waals surface area contributed by atoms with Gasteiger partial charge in [-0.1, -0.05) is 23.7 Å². The van der Waals surface area contributed by atoms with Crippen LogP contribution in [0.4, 0.5) is 10.5 Å². The Balaban J connectivity index is 1.60. The van der Waals surface area contributed by atoms with E-state index in [0.717, 1.165) is 0 Å². The van der Waals surface area contributed by atoms with Crippen molar-refractivity contribution in [3.63, 3.8) is 0 Å². The Morgan fingerprint density at radius 1 is 1.23 bits per heavy atom. The minimum absolute atomic E-state index is 0.113. The van der Waals surface area contributed by atoms with Crippen molar-refractivity contribution >= 4 is 40.6 Å². The second-order valence-electron chi connectivity index (χ2n) is 4.36. The molecule has 0 atom stereocenters. The second kappa shape index (κ2) is 8.41. The summed E-state index contributed by atoms with van der Waals surface area (Å²) in [6.07, 6.45) is -0.00747. The topological polar surface area (TPSA) is 67.4 Å². The van der Waals surface area contributed by atoms with Crippen molar-refractivity contribution in [1.29, 1.82) is 0 Å². The van der Waals surface area contributed by atoms with Crippen LogP contribution in [-0.4, -0.2) is 25.2 Å². The number of thiophene rings is 1. The lowest BCUT2D eigenvalue weighted by Gasteiger charge is -2.07. The van der Waals surface area contributed by atoms with Crippen molar-refractivity contribution in [3.05, 3.63) is 51.7 Å². The summed E-state index contributed by atoms with van der Waals surface area (Å²) in [6, 6.07) is 10.4. The van der Waals surface area contributed by atoms with E-state index in [9.17, 15) is 9.59 Å². The Morgan fingerprint density at radius 2 is 2.09 bits per heavy atom. The maximum atomic E-state index is 11.6.